The maximum absolute atomic E-state index is 13.3. The number of halogens is 3. The van der Waals surface area contributed by atoms with Crippen LogP contribution in [0.1, 0.15) is 11.1 Å². The molecule has 1 amide bonds. The van der Waals surface area contributed by atoms with E-state index in [0.29, 0.717) is 20.6 Å². The van der Waals surface area contributed by atoms with E-state index >= 15 is 0 Å². The monoisotopic (exact) mass is 569 g/mol. The van der Waals surface area contributed by atoms with Crippen LogP contribution in [-0.4, -0.2) is 36.5 Å². The van der Waals surface area contributed by atoms with E-state index in [2.05, 4.69) is 26.5 Å². The first-order valence-corrected chi connectivity index (χ1v) is 12.4. The minimum atomic E-state index is -4.05. The minimum absolute atomic E-state index is 0.0202. The predicted octanol–water partition coefficient (Wildman–Crippen LogP) is 4.80. The number of aromatic hydroxyl groups is 1. The summed E-state index contributed by atoms with van der Waals surface area (Å²) >= 11 is 15.5. The van der Waals surface area contributed by atoms with Gasteiger partial charge in [0.2, 0.25) is 10.0 Å². The zero-order valence-electron chi connectivity index (χ0n) is 17.0. The fourth-order valence-corrected chi connectivity index (χ4v) is 4.91. The van der Waals surface area contributed by atoms with Crippen molar-refractivity contribution in [1.29, 1.82) is 0 Å². The van der Waals surface area contributed by atoms with Crippen molar-refractivity contribution >= 4 is 61.3 Å². The highest BCUT2D eigenvalue weighted by Gasteiger charge is 2.27. The Morgan fingerprint density at radius 2 is 1.82 bits per heavy atom. The lowest BCUT2D eigenvalue weighted by molar-refractivity contribution is -0.121. The van der Waals surface area contributed by atoms with Gasteiger partial charge in [-0.15, -0.1) is 0 Å². The number of sulfonamides is 1. The third kappa shape index (κ3) is 7.02. The van der Waals surface area contributed by atoms with Crippen LogP contribution in [0.25, 0.3) is 0 Å². The predicted molar refractivity (Wildman–Crippen MR) is 132 cm³/mol. The molecule has 0 saturated heterocycles. The van der Waals surface area contributed by atoms with Crippen molar-refractivity contribution < 1.29 is 18.3 Å². The Bertz CT molecular complexity index is 1290. The van der Waals surface area contributed by atoms with Gasteiger partial charge in [0.05, 0.1) is 17.7 Å². The molecule has 0 aliphatic heterocycles. The molecule has 0 atom stereocenters. The van der Waals surface area contributed by atoms with Crippen LogP contribution in [0, 0.1) is 0 Å². The summed E-state index contributed by atoms with van der Waals surface area (Å²) in [7, 11) is -4.05. The number of phenols is 1. The van der Waals surface area contributed by atoms with Gasteiger partial charge in [-0.3, -0.25) is 4.79 Å². The zero-order valence-corrected chi connectivity index (χ0v) is 20.9. The van der Waals surface area contributed by atoms with E-state index in [1.807, 2.05) is 0 Å². The van der Waals surface area contributed by atoms with Gasteiger partial charge in [0.15, 0.2) is 0 Å². The van der Waals surface area contributed by atoms with E-state index in [-0.39, 0.29) is 22.2 Å². The highest BCUT2D eigenvalue weighted by atomic mass is 79.9. The molecule has 0 aromatic heterocycles. The smallest absolute Gasteiger partial charge is 0.255 e. The first-order valence-electron chi connectivity index (χ1n) is 9.46. The SMILES string of the molecule is O=C(CN(Cc1ccc(Cl)cc1Cl)S(=O)(=O)c1ccc(Br)cc1)N/N=C/c1cccc(O)c1. The summed E-state index contributed by atoms with van der Waals surface area (Å²) in [4.78, 5) is 12.6. The Morgan fingerprint density at radius 3 is 2.48 bits per heavy atom. The van der Waals surface area contributed by atoms with Crippen molar-refractivity contribution in [3.8, 4) is 5.75 Å². The Morgan fingerprint density at radius 1 is 1.09 bits per heavy atom. The molecule has 0 spiro atoms. The van der Waals surface area contributed by atoms with Crippen LogP contribution in [-0.2, 0) is 21.4 Å². The van der Waals surface area contributed by atoms with Crippen molar-refractivity contribution in [3.05, 3.63) is 92.4 Å². The lowest BCUT2D eigenvalue weighted by Crippen LogP contribution is -2.39. The second kappa shape index (κ2) is 11.1. The number of benzene rings is 3. The summed E-state index contributed by atoms with van der Waals surface area (Å²) in [6, 6.07) is 17.0. The lowest BCUT2D eigenvalue weighted by atomic mass is 10.2. The third-order valence-corrected chi connectivity index (χ3v) is 7.33. The molecule has 0 aliphatic carbocycles. The molecule has 0 bridgehead atoms. The number of hydrazone groups is 1. The van der Waals surface area contributed by atoms with Crippen LogP contribution in [0.4, 0.5) is 0 Å². The molecule has 0 heterocycles. The molecular weight excluding hydrogens is 553 g/mol. The number of amides is 1. The van der Waals surface area contributed by atoms with Gasteiger partial charge in [0, 0.05) is 21.1 Å². The number of nitrogens with zero attached hydrogens (tertiary/aromatic N) is 2. The minimum Gasteiger partial charge on any atom is -0.508 e. The van der Waals surface area contributed by atoms with Crippen molar-refractivity contribution in [2.45, 2.75) is 11.4 Å². The van der Waals surface area contributed by atoms with E-state index in [4.69, 9.17) is 23.2 Å². The molecule has 0 radical (unpaired) electrons. The summed E-state index contributed by atoms with van der Waals surface area (Å²) in [6.07, 6.45) is 1.33. The van der Waals surface area contributed by atoms with E-state index in [9.17, 15) is 18.3 Å². The topological polar surface area (TPSA) is 99.1 Å². The van der Waals surface area contributed by atoms with Crippen molar-refractivity contribution in [2.24, 2.45) is 5.10 Å². The quantitative estimate of drug-likeness (QED) is 0.300. The van der Waals surface area contributed by atoms with Gasteiger partial charge in [-0.2, -0.15) is 9.41 Å². The molecule has 3 aromatic carbocycles. The van der Waals surface area contributed by atoms with Crippen molar-refractivity contribution in [3.63, 3.8) is 0 Å². The summed E-state index contributed by atoms with van der Waals surface area (Å²) in [5.41, 5.74) is 3.35. The van der Waals surface area contributed by atoms with Gasteiger partial charge in [0.25, 0.3) is 5.91 Å². The highest BCUT2D eigenvalue weighted by molar-refractivity contribution is 9.10. The second-order valence-corrected chi connectivity index (χ2v) is 10.5. The van der Waals surface area contributed by atoms with Crippen LogP contribution in [0.2, 0.25) is 10.0 Å². The highest BCUT2D eigenvalue weighted by Crippen LogP contribution is 2.25. The molecule has 2 N–H and O–H groups in total. The zero-order chi connectivity index (χ0) is 24.0. The molecule has 7 nitrogen and oxygen atoms in total. The van der Waals surface area contributed by atoms with E-state index in [1.54, 1.807) is 36.4 Å². The van der Waals surface area contributed by atoms with Crippen LogP contribution >= 0.6 is 39.1 Å². The van der Waals surface area contributed by atoms with E-state index in [0.717, 1.165) is 4.31 Å². The maximum atomic E-state index is 13.3. The van der Waals surface area contributed by atoms with E-state index < -0.39 is 22.5 Å². The van der Waals surface area contributed by atoms with Crippen LogP contribution in [0.3, 0.4) is 0 Å². The number of hydrogen-bond acceptors (Lipinski definition) is 5. The number of carbonyl (C=O) groups is 1. The molecule has 3 aromatic rings. The van der Waals surface area contributed by atoms with Crippen LogP contribution in [0.15, 0.2) is 81.2 Å². The van der Waals surface area contributed by atoms with Gasteiger partial charge < -0.3 is 5.11 Å². The standard InChI is InChI=1S/C22H18BrCl2N3O4S/c23-17-5-8-20(9-6-17)33(31,32)28(13-16-4-7-18(24)11-21(16)25)14-22(30)27-26-12-15-2-1-3-19(29)10-15/h1-12,29H,13-14H2,(H,27,30)/b26-12+. The van der Waals surface area contributed by atoms with Crippen molar-refractivity contribution in [1.82, 2.24) is 9.73 Å². The first-order chi connectivity index (χ1) is 15.6. The van der Waals surface area contributed by atoms with Crippen LogP contribution < -0.4 is 5.43 Å². The fraction of sp³-hybridized carbons (Fsp3) is 0.0909. The Labute approximate surface area is 209 Å². The molecule has 0 saturated carbocycles. The maximum Gasteiger partial charge on any atom is 0.255 e. The van der Waals surface area contributed by atoms with Gasteiger partial charge in [-0.1, -0.05) is 57.3 Å². The van der Waals surface area contributed by atoms with Crippen molar-refractivity contribution in [2.75, 3.05) is 6.54 Å². The fourth-order valence-electron chi connectivity index (χ4n) is 2.80. The third-order valence-electron chi connectivity index (χ3n) is 4.41. The number of hydrogen-bond donors (Lipinski definition) is 2. The van der Waals surface area contributed by atoms with Gasteiger partial charge in [-0.05, 0) is 59.7 Å². The second-order valence-electron chi connectivity index (χ2n) is 6.85. The van der Waals surface area contributed by atoms with Gasteiger partial charge >= 0.3 is 0 Å². The Balaban J connectivity index is 1.82. The number of phenolic OH excluding ortho intramolecular Hbond substituents is 1. The first kappa shape index (κ1) is 25.2. The summed E-state index contributed by atoms with van der Waals surface area (Å²) in [5.74, 6) is -0.603. The molecule has 11 heteroatoms. The number of rotatable bonds is 8. The molecule has 0 fully saturated rings. The normalized spacial score (nSPS) is 11.8. The summed E-state index contributed by atoms with van der Waals surface area (Å²) in [5, 5.41) is 14.0. The average molecular weight is 571 g/mol. The molecular formula is C22H18BrCl2N3O4S. The Kier molecular flexibility index (Phi) is 8.50. The van der Waals surface area contributed by atoms with Gasteiger partial charge in [0.1, 0.15) is 5.75 Å². The van der Waals surface area contributed by atoms with E-state index in [1.165, 1.54) is 36.5 Å². The molecule has 3 rings (SSSR count). The molecule has 172 valence electrons. The molecule has 0 aliphatic rings. The molecule has 0 unspecified atom stereocenters. The largest absolute Gasteiger partial charge is 0.508 e. The summed E-state index contributed by atoms with van der Waals surface area (Å²) in [6.45, 7) is -0.660. The van der Waals surface area contributed by atoms with Crippen LogP contribution in [0.5, 0.6) is 5.75 Å². The average Bonchev–Trinajstić information content (AvgIpc) is 2.75. The lowest BCUT2D eigenvalue weighted by Gasteiger charge is -2.22. The number of carbonyl (C=O) groups excluding carboxylic acids is 1. The Hall–Kier alpha value is -2.43. The number of nitrogens with one attached hydrogen (secondary N) is 1. The summed E-state index contributed by atoms with van der Waals surface area (Å²) < 4.78 is 28.3. The molecule has 33 heavy (non-hydrogen) atoms. The van der Waals surface area contributed by atoms with Gasteiger partial charge in [-0.25, -0.2) is 13.8 Å².